The molecular formula is C28H39FN4O4S. The number of carbonyl (C=O) groups is 2. The van der Waals surface area contributed by atoms with Crippen LogP contribution in [0.15, 0.2) is 59.5 Å². The SMILES string of the molecule is CCCCNC(=O)N1CCC(N(Cc2cccc(F)c2)C(=O)CN(CCC)S(=O)(=O)c2ccccc2)CC1. The van der Waals surface area contributed by atoms with Gasteiger partial charge in [0.15, 0.2) is 0 Å². The number of sulfonamides is 1. The molecule has 2 aromatic carbocycles. The molecule has 208 valence electrons. The number of hydrogen-bond acceptors (Lipinski definition) is 4. The zero-order valence-electron chi connectivity index (χ0n) is 22.3. The molecule has 0 unspecified atom stereocenters. The molecule has 3 amide bonds. The van der Waals surface area contributed by atoms with E-state index >= 15 is 0 Å². The summed E-state index contributed by atoms with van der Waals surface area (Å²) in [6.07, 6.45) is 3.57. The van der Waals surface area contributed by atoms with E-state index in [4.69, 9.17) is 0 Å². The summed E-state index contributed by atoms with van der Waals surface area (Å²) in [4.78, 5) is 29.8. The fraction of sp³-hybridized carbons (Fsp3) is 0.500. The van der Waals surface area contributed by atoms with Crippen molar-refractivity contribution in [3.05, 3.63) is 66.0 Å². The van der Waals surface area contributed by atoms with Crippen molar-refractivity contribution in [3.63, 3.8) is 0 Å². The number of nitrogens with zero attached hydrogens (tertiary/aromatic N) is 3. The highest BCUT2D eigenvalue weighted by molar-refractivity contribution is 7.89. The summed E-state index contributed by atoms with van der Waals surface area (Å²) >= 11 is 0. The monoisotopic (exact) mass is 546 g/mol. The highest BCUT2D eigenvalue weighted by Crippen LogP contribution is 2.22. The maximum absolute atomic E-state index is 13.9. The van der Waals surface area contributed by atoms with Gasteiger partial charge in [0.05, 0.1) is 11.4 Å². The Labute approximate surface area is 225 Å². The predicted octanol–water partition coefficient (Wildman–Crippen LogP) is 4.23. The maximum Gasteiger partial charge on any atom is 0.317 e. The number of rotatable bonds is 12. The minimum Gasteiger partial charge on any atom is -0.338 e. The van der Waals surface area contributed by atoms with Gasteiger partial charge in [-0.3, -0.25) is 4.79 Å². The summed E-state index contributed by atoms with van der Waals surface area (Å²) in [5, 5.41) is 2.93. The molecule has 3 rings (SSSR count). The topological polar surface area (TPSA) is 90.0 Å². The number of amides is 3. The van der Waals surface area contributed by atoms with Gasteiger partial charge in [-0.1, -0.05) is 50.6 Å². The Hall–Kier alpha value is -2.98. The van der Waals surface area contributed by atoms with Crippen LogP contribution < -0.4 is 5.32 Å². The van der Waals surface area contributed by atoms with Gasteiger partial charge in [-0.2, -0.15) is 4.31 Å². The van der Waals surface area contributed by atoms with Crippen LogP contribution in [0, 0.1) is 5.82 Å². The molecule has 1 heterocycles. The number of carbonyl (C=O) groups excluding carboxylic acids is 2. The quantitative estimate of drug-likeness (QED) is 0.404. The summed E-state index contributed by atoms with van der Waals surface area (Å²) in [6, 6.07) is 13.9. The van der Waals surface area contributed by atoms with E-state index in [0.29, 0.717) is 44.5 Å². The van der Waals surface area contributed by atoms with Crippen LogP contribution in [0.2, 0.25) is 0 Å². The minimum atomic E-state index is -3.87. The van der Waals surface area contributed by atoms with E-state index in [-0.39, 0.29) is 42.5 Å². The van der Waals surface area contributed by atoms with E-state index in [1.54, 1.807) is 40.1 Å². The Kier molecular flexibility index (Phi) is 11.1. The zero-order valence-corrected chi connectivity index (χ0v) is 23.1. The lowest BCUT2D eigenvalue weighted by molar-refractivity contribution is -0.135. The van der Waals surface area contributed by atoms with Crippen molar-refractivity contribution in [1.82, 2.24) is 19.4 Å². The van der Waals surface area contributed by atoms with Gasteiger partial charge >= 0.3 is 6.03 Å². The molecule has 1 aliphatic heterocycles. The van der Waals surface area contributed by atoms with Crippen LogP contribution in [0.5, 0.6) is 0 Å². The maximum atomic E-state index is 13.9. The molecule has 0 bridgehead atoms. The molecule has 0 spiro atoms. The minimum absolute atomic E-state index is 0.108. The highest BCUT2D eigenvalue weighted by Gasteiger charge is 2.33. The smallest absolute Gasteiger partial charge is 0.317 e. The summed E-state index contributed by atoms with van der Waals surface area (Å²) in [7, 11) is -3.87. The average Bonchev–Trinajstić information content (AvgIpc) is 2.92. The summed E-state index contributed by atoms with van der Waals surface area (Å²) in [5.74, 6) is -0.735. The van der Waals surface area contributed by atoms with Crippen LogP contribution in [0.1, 0.15) is 51.5 Å². The van der Waals surface area contributed by atoms with E-state index in [9.17, 15) is 22.4 Å². The molecule has 38 heavy (non-hydrogen) atoms. The fourth-order valence-electron chi connectivity index (χ4n) is 4.63. The van der Waals surface area contributed by atoms with E-state index in [2.05, 4.69) is 12.2 Å². The Morgan fingerprint density at radius 2 is 1.74 bits per heavy atom. The van der Waals surface area contributed by atoms with Gasteiger partial charge in [-0.15, -0.1) is 0 Å². The lowest BCUT2D eigenvalue weighted by Gasteiger charge is -2.39. The van der Waals surface area contributed by atoms with E-state index in [1.807, 2.05) is 6.92 Å². The Balaban J connectivity index is 1.78. The molecule has 10 heteroatoms. The van der Waals surface area contributed by atoms with Gasteiger partial charge in [0.1, 0.15) is 5.82 Å². The lowest BCUT2D eigenvalue weighted by Crippen LogP contribution is -2.52. The first-order valence-corrected chi connectivity index (χ1v) is 14.8. The third-order valence-corrected chi connectivity index (χ3v) is 8.59. The number of benzene rings is 2. The van der Waals surface area contributed by atoms with Gasteiger partial charge in [-0.25, -0.2) is 17.6 Å². The van der Waals surface area contributed by atoms with Crippen molar-refractivity contribution in [1.29, 1.82) is 0 Å². The molecular weight excluding hydrogens is 507 g/mol. The molecule has 0 radical (unpaired) electrons. The molecule has 8 nitrogen and oxygen atoms in total. The third kappa shape index (κ3) is 8.01. The van der Waals surface area contributed by atoms with Gasteiger partial charge in [0.25, 0.3) is 0 Å². The second-order valence-electron chi connectivity index (χ2n) is 9.61. The molecule has 0 atom stereocenters. The first-order chi connectivity index (χ1) is 18.3. The Morgan fingerprint density at radius 1 is 1.03 bits per heavy atom. The number of likely N-dealkylation sites (tertiary alicyclic amines) is 1. The van der Waals surface area contributed by atoms with Crippen LogP contribution in [0.4, 0.5) is 9.18 Å². The highest BCUT2D eigenvalue weighted by atomic mass is 32.2. The van der Waals surface area contributed by atoms with Gasteiger partial charge in [0.2, 0.25) is 15.9 Å². The number of piperidine rings is 1. The second kappa shape index (κ2) is 14.2. The Bertz CT molecular complexity index is 1150. The molecule has 1 saturated heterocycles. The van der Waals surface area contributed by atoms with Crippen molar-refractivity contribution < 1.29 is 22.4 Å². The average molecular weight is 547 g/mol. The van der Waals surface area contributed by atoms with Gasteiger partial charge in [-0.05, 0) is 55.5 Å². The standard InChI is InChI=1S/C28H39FN4O4S/c1-3-5-16-30-28(35)31-18-14-25(15-19-31)33(21-23-10-9-11-24(29)20-23)27(34)22-32(17-4-2)38(36,37)26-12-7-6-8-13-26/h6-13,20,25H,3-5,14-19,21-22H2,1-2H3,(H,30,35). The molecule has 0 saturated carbocycles. The van der Waals surface area contributed by atoms with Crippen LogP contribution in [-0.2, 0) is 21.4 Å². The van der Waals surface area contributed by atoms with Crippen molar-refractivity contribution in [2.24, 2.45) is 0 Å². The van der Waals surface area contributed by atoms with Crippen LogP contribution in [0.3, 0.4) is 0 Å². The van der Waals surface area contributed by atoms with Crippen LogP contribution in [-0.4, -0.2) is 73.2 Å². The summed E-state index contributed by atoms with van der Waals surface area (Å²) in [5.41, 5.74) is 0.631. The number of hydrogen-bond donors (Lipinski definition) is 1. The van der Waals surface area contributed by atoms with E-state index in [1.165, 1.54) is 28.6 Å². The normalized spacial score (nSPS) is 14.5. The largest absolute Gasteiger partial charge is 0.338 e. The molecule has 0 aromatic heterocycles. The third-order valence-electron chi connectivity index (χ3n) is 6.73. The van der Waals surface area contributed by atoms with E-state index < -0.39 is 15.8 Å². The van der Waals surface area contributed by atoms with Crippen molar-refractivity contribution in [2.45, 2.75) is 63.4 Å². The number of urea groups is 1. The molecule has 2 aromatic rings. The number of unbranched alkanes of at least 4 members (excludes halogenated alkanes) is 1. The molecule has 1 aliphatic rings. The van der Waals surface area contributed by atoms with Crippen molar-refractivity contribution in [3.8, 4) is 0 Å². The summed E-state index contributed by atoms with van der Waals surface area (Å²) in [6.45, 7) is 5.58. The van der Waals surface area contributed by atoms with Gasteiger partial charge in [0, 0.05) is 38.8 Å². The number of halogens is 1. The number of nitrogens with one attached hydrogen (secondary N) is 1. The molecule has 1 fully saturated rings. The molecule has 0 aliphatic carbocycles. The zero-order chi connectivity index (χ0) is 27.5. The predicted molar refractivity (Wildman–Crippen MR) is 145 cm³/mol. The first kappa shape index (κ1) is 29.6. The second-order valence-corrected chi connectivity index (χ2v) is 11.5. The lowest BCUT2D eigenvalue weighted by atomic mass is 10.0. The van der Waals surface area contributed by atoms with Crippen molar-refractivity contribution >= 4 is 22.0 Å². The summed E-state index contributed by atoms with van der Waals surface area (Å²) < 4.78 is 41.8. The molecule has 1 N–H and O–H groups in total. The van der Waals surface area contributed by atoms with Crippen LogP contribution in [0.25, 0.3) is 0 Å². The fourth-order valence-corrected chi connectivity index (χ4v) is 6.14. The van der Waals surface area contributed by atoms with E-state index in [0.717, 1.165) is 12.8 Å². The van der Waals surface area contributed by atoms with Crippen molar-refractivity contribution in [2.75, 3.05) is 32.7 Å². The first-order valence-electron chi connectivity index (χ1n) is 13.4. The Morgan fingerprint density at radius 3 is 2.37 bits per heavy atom. The van der Waals surface area contributed by atoms with Gasteiger partial charge < -0.3 is 15.1 Å². The van der Waals surface area contributed by atoms with Crippen LogP contribution >= 0.6 is 0 Å².